The van der Waals surface area contributed by atoms with E-state index in [4.69, 9.17) is 14.2 Å². The Labute approximate surface area is 176 Å². The van der Waals surface area contributed by atoms with Gasteiger partial charge in [-0.05, 0) is 43.7 Å². The van der Waals surface area contributed by atoms with Crippen LogP contribution in [0.3, 0.4) is 0 Å². The summed E-state index contributed by atoms with van der Waals surface area (Å²) in [4.78, 5) is 12.9. The number of nitrogens with one attached hydrogen (secondary N) is 1. The minimum absolute atomic E-state index is 0.312. The molecule has 162 valence electrons. The summed E-state index contributed by atoms with van der Waals surface area (Å²) >= 11 is 0. The van der Waals surface area contributed by atoms with Crippen LogP contribution in [0.5, 0.6) is 17.2 Å². The monoisotopic (exact) mass is 434 g/mol. The third-order valence-corrected chi connectivity index (χ3v) is 6.08. The molecule has 0 aliphatic carbocycles. The normalized spacial score (nSPS) is 15.1. The van der Waals surface area contributed by atoms with Crippen molar-refractivity contribution in [3.8, 4) is 17.2 Å². The van der Waals surface area contributed by atoms with E-state index >= 15 is 0 Å². The van der Waals surface area contributed by atoms with Gasteiger partial charge in [-0.1, -0.05) is 12.1 Å². The van der Waals surface area contributed by atoms with Gasteiger partial charge in [-0.2, -0.15) is 0 Å². The molecular formula is C21H26N2O6S. The number of ether oxygens (including phenoxy) is 3. The van der Waals surface area contributed by atoms with Gasteiger partial charge in [0.05, 0.1) is 25.1 Å². The first-order chi connectivity index (χ1) is 14.2. The van der Waals surface area contributed by atoms with Gasteiger partial charge >= 0.3 is 0 Å². The van der Waals surface area contributed by atoms with E-state index in [2.05, 4.69) is 5.32 Å². The molecule has 30 heavy (non-hydrogen) atoms. The van der Waals surface area contributed by atoms with Gasteiger partial charge in [0.15, 0.2) is 11.5 Å². The summed E-state index contributed by atoms with van der Waals surface area (Å²) in [5.74, 6) is 1.29. The highest BCUT2D eigenvalue weighted by Crippen LogP contribution is 2.35. The van der Waals surface area contributed by atoms with E-state index < -0.39 is 22.0 Å². The first-order valence-corrected chi connectivity index (χ1v) is 11.4. The molecule has 0 fully saturated rings. The van der Waals surface area contributed by atoms with Crippen molar-refractivity contribution in [1.29, 1.82) is 0 Å². The molecule has 3 rings (SSSR count). The number of hydrogen-bond acceptors (Lipinski definition) is 6. The van der Waals surface area contributed by atoms with Crippen molar-refractivity contribution in [2.45, 2.75) is 25.9 Å². The van der Waals surface area contributed by atoms with Crippen LogP contribution in [0.2, 0.25) is 0 Å². The average molecular weight is 435 g/mol. The van der Waals surface area contributed by atoms with Crippen molar-refractivity contribution in [2.24, 2.45) is 0 Å². The van der Waals surface area contributed by atoms with Crippen LogP contribution < -0.4 is 23.8 Å². The average Bonchev–Trinajstić information content (AvgIpc) is 2.72. The minimum Gasteiger partial charge on any atom is -0.497 e. The maximum Gasteiger partial charge on any atom is 0.244 e. The summed E-state index contributed by atoms with van der Waals surface area (Å²) in [5, 5.41) is 2.88. The Morgan fingerprint density at radius 3 is 2.30 bits per heavy atom. The molecule has 1 heterocycles. The standard InChI is InChI=1S/C21H26N2O6S/c1-14(16-5-8-18(27-3)9-6-16)22-21(24)15(2)23(30(4,25)26)17-7-10-19-20(13-17)29-12-11-28-19/h5-10,13-15H,11-12H2,1-4H3,(H,22,24)/t14-,15-/m0/s1. The van der Waals surface area contributed by atoms with Gasteiger partial charge in [-0.15, -0.1) is 0 Å². The first kappa shape index (κ1) is 21.8. The van der Waals surface area contributed by atoms with E-state index in [0.717, 1.165) is 16.1 Å². The Bertz CT molecular complexity index is 1010. The smallest absolute Gasteiger partial charge is 0.244 e. The van der Waals surface area contributed by atoms with Crippen LogP contribution in [0.4, 0.5) is 5.69 Å². The van der Waals surface area contributed by atoms with E-state index in [1.54, 1.807) is 44.4 Å². The zero-order valence-electron chi connectivity index (χ0n) is 17.4. The summed E-state index contributed by atoms with van der Waals surface area (Å²) in [7, 11) is -2.16. The van der Waals surface area contributed by atoms with Gasteiger partial charge in [0.25, 0.3) is 0 Å². The fourth-order valence-electron chi connectivity index (χ4n) is 3.29. The Kier molecular flexibility index (Phi) is 6.40. The van der Waals surface area contributed by atoms with Crippen LogP contribution in [-0.4, -0.2) is 46.9 Å². The number of hydrogen-bond donors (Lipinski definition) is 1. The number of sulfonamides is 1. The van der Waals surface area contributed by atoms with Crippen molar-refractivity contribution in [3.63, 3.8) is 0 Å². The van der Waals surface area contributed by atoms with Crippen LogP contribution in [0.25, 0.3) is 0 Å². The molecule has 0 aromatic heterocycles. The van der Waals surface area contributed by atoms with Crippen LogP contribution in [0.15, 0.2) is 42.5 Å². The molecule has 0 saturated carbocycles. The lowest BCUT2D eigenvalue weighted by Gasteiger charge is -2.30. The van der Waals surface area contributed by atoms with E-state index in [0.29, 0.717) is 36.1 Å². The molecule has 1 amide bonds. The maximum atomic E-state index is 12.9. The van der Waals surface area contributed by atoms with Crippen molar-refractivity contribution in [1.82, 2.24) is 5.32 Å². The quantitative estimate of drug-likeness (QED) is 0.720. The number of methoxy groups -OCH3 is 1. The predicted molar refractivity (Wildman–Crippen MR) is 114 cm³/mol. The van der Waals surface area contributed by atoms with Crippen LogP contribution >= 0.6 is 0 Å². The summed E-state index contributed by atoms with van der Waals surface area (Å²) in [6.45, 7) is 4.20. The van der Waals surface area contributed by atoms with Crippen molar-refractivity contribution in [2.75, 3.05) is 30.9 Å². The Hall–Kier alpha value is -2.94. The number of amides is 1. The molecular weight excluding hydrogens is 408 g/mol. The molecule has 2 atom stereocenters. The topological polar surface area (TPSA) is 94.2 Å². The molecule has 9 heteroatoms. The van der Waals surface area contributed by atoms with Crippen molar-refractivity contribution >= 4 is 21.6 Å². The second-order valence-corrected chi connectivity index (χ2v) is 8.93. The molecule has 0 saturated heterocycles. The predicted octanol–water partition coefficient (Wildman–Crippen LogP) is 2.50. The zero-order chi connectivity index (χ0) is 21.9. The number of rotatable bonds is 7. The maximum absolute atomic E-state index is 12.9. The Balaban J connectivity index is 1.81. The lowest BCUT2D eigenvalue weighted by molar-refractivity contribution is -0.122. The molecule has 0 spiro atoms. The van der Waals surface area contributed by atoms with Gasteiger partial charge < -0.3 is 19.5 Å². The second-order valence-electron chi connectivity index (χ2n) is 7.07. The highest BCUT2D eigenvalue weighted by atomic mass is 32.2. The van der Waals surface area contributed by atoms with Crippen LogP contribution in [0.1, 0.15) is 25.5 Å². The molecule has 1 aliphatic rings. The van der Waals surface area contributed by atoms with Gasteiger partial charge in [0, 0.05) is 6.07 Å². The molecule has 0 radical (unpaired) electrons. The molecule has 1 aliphatic heterocycles. The van der Waals surface area contributed by atoms with Gasteiger partial charge in [0.1, 0.15) is 25.0 Å². The molecule has 8 nitrogen and oxygen atoms in total. The lowest BCUT2D eigenvalue weighted by atomic mass is 10.1. The summed E-state index contributed by atoms with van der Waals surface area (Å²) in [6, 6.07) is 10.9. The van der Waals surface area contributed by atoms with E-state index in [-0.39, 0.29) is 6.04 Å². The number of anilines is 1. The van der Waals surface area contributed by atoms with Crippen LogP contribution in [0, 0.1) is 0 Å². The molecule has 1 N–H and O–H groups in total. The second kappa shape index (κ2) is 8.83. The van der Waals surface area contributed by atoms with Crippen molar-refractivity contribution < 1.29 is 27.4 Å². The zero-order valence-corrected chi connectivity index (χ0v) is 18.2. The molecule has 2 aromatic rings. The highest BCUT2D eigenvalue weighted by molar-refractivity contribution is 7.92. The lowest BCUT2D eigenvalue weighted by Crippen LogP contribution is -2.48. The molecule has 0 unspecified atom stereocenters. The summed E-state index contributed by atoms with van der Waals surface area (Å²) in [5.41, 5.74) is 1.21. The van der Waals surface area contributed by atoms with E-state index in [1.165, 1.54) is 0 Å². The number of fused-ring (bicyclic) bond motifs is 1. The third kappa shape index (κ3) is 4.79. The number of carbonyl (C=O) groups is 1. The van der Waals surface area contributed by atoms with E-state index in [1.807, 2.05) is 19.1 Å². The Morgan fingerprint density at radius 2 is 1.70 bits per heavy atom. The SMILES string of the molecule is COc1ccc([C@H](C)NC(=O)[C@H](C)N(c2ccc3c(c2)OCCO3)S(C)(=O)=O)cc1. The van der Waals surface area contributed by atoms with Crippen LogP contribution in [-0.2, 0) is 14.8 Å². The highest BCUT2D eigenvalue weighted by Gasteiger charge is 2.31. The van der Waals surface area contributed by atoms with Gasteiger partial charge in [0.2, 0.25) is 15.9 Å². The minimum atomic E-state index is -3.74. The number of nitrogens with zero attached hydrogens (tertiary/aromatic N) is 1. The fourth-order valence-corrected chi connectivity index (χ4v) is 4.45. The molecule has 2 aromatic carbocycles. The number of carbonyl (C=O) groups excluding carboxylic acids is 1. The largest absolute Gasteiger partial charge is 0.497 e. The third-order valence-electron chi connectivity index (χ3n) is 4.84. The molecule has 0 bridgehead atoms. The van der Waals surface area contributed by atoms with Gasteiger partial charge in [-0.25, -0.2) is 8.42 Å². The summed E-state index contributed by atoms with van der Waals surface area (Å²) < 4.78 is 42.3. The number of benzene rings is 2. The first-order valence-electron chi connectivity index (χ1n) is 9.54. The van der Waals surface area contributed by atoms with Crippen molar-refractivity contribution in [3.05, 3.63) is 48.0 Å². The van der Waals surface area contributed by atoms with Gasteiger partial charge in [-0.3, -0.25) is 9.10 Å². The van der Waals surface area contributed by atoms with E-state index in [9.17, 15) is 13.2 Å². The fraction of sp³-hybridized carbons (Fsp3) is 0.381. The Morgan fingerprint density at radius 1 is 1.07 bits per heavy atom. The summed E-state index contributed by atoms with van der Waals surface area (Å²) in [6.07, 6.45) is 1.07.